The van der Waals surface area contributed by atoms with Gasteiger partial charge in [-0.1, -0.05) is 17.7 Å². The van der Waals surface area contributed by atoms with Gasteiger partial charge in [0.15, 0.2) is 5.69 Å². The fourth-order valence-corrected chi connectivity index (χ4v) is 2.08. The summed E-state index contributed by atoms with van der Waals surface area (Å²) in [5.74, 6) is 0.297. The summed E-state index contributed by atoms with van der Waals surface area (Å²) in [6, 6.07) is 8.69. The summed E-state index contributed by atoms with van der Waals surface area (Å²) in [7, 11) is 1.66. The summed E-state index contributed by atoms with van der Waals surface area (Å²) < 4.78 is 4.97. The third-order valence-electron chi connectivity index (χ3n) is 3.24. The Hall–Kier alpha value is -2.18. The van der Waals surface area contributed by atoms with Crippen LogP contribution in [-0.2, 0) is 4.74 Å². The predicted molar refractivity (Wildman–Crippen MR) is 91.2 cm³/mol. The monoisotopic (exact) mass is 334 g/mol. The van der Waals surface area contributed by atoms with Gasteiger partial charge in [0.1, 0.15) is 5.82 Å². The number of anilines is 2. The topological polar surface area (TPSA) is 76.1 Å². The van der Waals surface area contributed by atoms with Crippen LogP contribution in [0.15, 0.2) is 30.3 Å². The van der Waals surface area contributed by atoms with Crippen molar-refractivity contribution in [1.82, 2.24) is 10.2 Å². The molecule has 0 fully saturated rings. The first-order chi connectivity index (χ1) is 11.1. The first-order valence-corrected chi connectivity index (χ1v) is 7.62. The molecule has 1 aromatic carbocycles. The fourth-order valence-electron chi connectivity index (χ4n) is 1.91. The van der Waals surface area contributed by atoms with Gasteiger partial charge in [0.25, 0.3) is 5.91 Å². The molecule has 0 spiro atoms. The van der Waals surface area contributed by atoms with Gasteiger partial charge in [-0.15, -0.1) is 10.2 Å². The minimum Gasteiger partial charge on any atom is -0.385 e. The van der Waals surface area contributed by atoms with E-state index in [1.165, 1.54) is 0 Å². The fraction of sp³-hybridized carbons (Fsp3) is 0.312. The number of nitrogens with zero attached hydrogens (tertiary/aromatic N) is 2. The van der Waals surface area contributed by atoms with Crippen molar-refractivity contribution in [2.75, 3.05) is 30.9 Å². The maximum atomic E-state index is 12.2. The maximum absolute atomic E-state index is 12.2. The number of aromatic nitrogens is 2. The van der Waals surface area contributed by atoms with Gasteiger partial charge in [0.05, 0.1) is 0 Å². The van der Waals surface area contributed by atoms with Gasteiger partial charge in [0, 0.05) is 31.0 Å². The molecule has 1 amide bonds. The van der Waals surface area contributed by atoms with E-state index in [0.29, 0.717) is 23.1 Å². The molecule has 1 heterocycles. The molecule has 7 heteroatoms. The Morgan fingerprint density at radius 2 is 2.09 bits per heavy atom. The van der Waals surface area contributed by atoms with Crippen LogP contribution >= 0.6 is 11.6 Å². The van der Waals surface area contributed by atoms with E-state index >= 15 is 0 Å². The number of ether oxygens (including phenoxy) is 1. The van der Waals surface area contributed by atoms with Crippen molar-refractivity contribution in [3.63, 3.8) is 0 Å². The molecule has 0 bridgehead atoms. The van der Waals surface area contributed by atoms with Crippen LogP contribution in [0.2, 0.25) is 5.02 Å². The Balaban J connectivity index is 1.96. The summed E-state index contributed by atoms with van der Waals surface area (Å²) in [5, 5.41) is 14.4. The number of methoxy groups -OCH3 is 1. The highest BCUT2D eigenvalue weighted by Gasteiger charge is 2.11. The zero-order valence-electron chi connectivity index (χ0n) is 13.1. The lowest BCUT2D eigenvalue weighted by atomic mass is 10.2. The quantitative estimate of drug-likeness (QED) is 0.761. The van der Waals surface area contributed by atoms with Crippen molar-refractivity contribution in [2.24, 2.45) is 0 Å². The second-order valence-corrected chi connectivity index (χ2v) is 5.35. The van der Waals surface area contributed by atoms with Crippen molar-refractivity contribution in [2.45, 2.75) is 13.3 Å². The lowest BCUT2D eigenvalue weighted by Crippen LogP contribution is -2.16. The van der Waals surface area contributed by atoms with E-state index in [-0.39, 0.29) is 11.6 Å². The number of benzene rings is 1. The number of nitrogens with one attached hydrogen (secondary N) is 2. The molecule has 0 atom stereocenters. The minimum absolute atomic E-state index is 0.242. The molecular weight excluding hydrogens is 316 g/mol. The van der Waals surface area contributed by atoms with Crippen LogP contribution in [-0.4, -0.2) is 36.4 Å². The molecule has 122 valence electrons. The third-order valence-corrected chi connectivity index (χ3v) is 3.65. The number of rotatable bonds is 7. The molecule has 23 heavy (non-hydrogen) atoms. The van der Waals surface area contributed by atoms with Crippen molar-refractivity contribution in [3.05, 3.63) is 46.6 Å². The second kappa shape index (κ2) is 8.45. The maximum Gasteiger partial charge on any atom is 0.276 e. The first kappa shape index (κ1) is 17.2. The largest absolute Gasteiger partial charge is 0.385 e. The van der Waals surface area contributed by atoms with Crippen LogP contribution in [0.1, 0.15) is 22.5 Å². The van der Waals surface area contributed by atoms with Gasteiger partial charge in [0.2, 0.25) is 0 Å². The molecule has 0 unspecified atom stereocenters. The van der Waals surface area contributed by atoms with E-state index < -0.39 is 0 Å². The minimum atomic E-state index is -0.325. The number of carbonyl (C=O) groups excluding carboxylic acids is 1. The van der Waals surface area contributed by atoms with Crippen molar-refractivity contribution >= 4 is 29.0 Å². The summed E-state index contributed by atoms with van der Waals surface area (Å²) in [6.45, 7) is 3.26. The van der Waals surface area contributed by atoms with Gasteiger partial charge in [-0.3, -0.25) is 4.79 Å². The van der Waals surface area contributed by atoms with Crippen LogP contribution in [0.3, 0.4) is 0 Å². The molecule has 0 saturated carbocycles. The smallest absolute Gasteiger partial charge is 0.276 e. The van der Waals surface area contributed by atoms with Crippen LogP contribution in [0.25, 0.3) is 0 Å². The van der Waals surface area contributed by atoms with Crippen molar-refractivity contribution in [1.29, 1.82) is 0 Å². The molecule has 2 aromatic rings. The van der Waals surface area contributed by atoms with Gasteiger partial charge < -0.3 is 15.4 Å². The predicted octanol–water partition coefficient (Wildman–Crippen LogP) is 3.14. The molecule has 0 aliphatic rings. The third kappa shape index (κ3) is 4.91. The first-order valence-electron chi connectivity index (χ1n) is 7.25. The molecular formula is C16H19ClN4O2. The highest BCUT2D eigenvalue weighted by atomic mass is 35.5. The number of hydrogen-bond donors (Lipinski definition) is 2. The lowest BCUT2D eigenvalue weighted by Gasteiger charge is -2.09. The van der Waals surface area contributed by atoms with Crippen LogP contribution in [0.5, 0.6) is 0 Å². The Labute approximate surface area is 140 Å². The van der Waals surface area contributed by atoms with Crippen molar-refractivity contribution in [3.8, 4) is 0 Å². The highest BCUT2D eigenvalue weighted by Crippen LogP contribution is 2.23. The molecule has 0 saturated heterocycles. The van der Waals surface area contributed by atoms with E-state index in [4.69, 9.17) is 16.3 Å². The molecule has 2 rings (SSSR count). The van der Waals surface area contributed by atoms with Crippen molar-refractivity contribution < 1.29 is 9.53 Å². The SMILES string of the molecule is COCCCNc1ccc(C(=O)Nc2cccc(Cl)c2C)nn1. The van der Waals surface area contributed by atoms with Gasteiger partial charge >= 0.3 is 0 Å². The van der Waals surface area contributed by atoms with E-state index in [1.54, 1.807) is 37.4 Å². The zero-order chi connectivity index (χ0) is 16.7. The Morgan fingerprint density at radius 3 is 2.78 bits per heavy atom. The Kier molecular flexibility index (Phi) is 6.31. The van der Waals surface area contributed by atoms with Gasteiger partial charge in [-0.05, 0) is 43.2 Å². The Morgan fingerprint density at radius 1 is 1.26 bits per heavy atom. The lowest BCUT2D eigenvalue weighted by molar-refractivity contribution is 0.102. The molecule has 0 radical (unpaired) electrons. The average Bonchev–Trinajstić information content (AvgIpc) is 2.56. The highest BCUT2D eigenvalue weighted by molar-refractivity contribution is 6.31. The van der Waals surface area contributed by atoms with Gasteiger partial charge in [-0.25, -0.2) is 0 Å². The Bertz CT molecular complexity index is 662. The zero-order valence-corrected chi connectivity index (χ0v) is 13.9. The van der Waals surface area contributed by atoms with E-state index in [2.05, 4.69) is 20.8 Å². The summed E-state index contributed by atoms with van der Waals surface area (Å²) in [5.41, 5.74) is 1.71. The van der Waals surface area contributed by atoms with E-state index in [0.717, 1.165) is 18.5 Å². The number of hydrogen-bond acceptors (Lipinski definition) is 5. The van der Waals surface area contributed by atoms with Crippen LogP contribution in [0, 0.1) is 6.92 Å². The van der Waals surface area contributed by atoms with E-state index in [9.17, 15) is 4.79 Å². The van der Waals surface area contributed by atoms with Crippen LogP contribution in [0.4, 0.5) is 11.5 Å². The number of carbonyl (C=O) groups is 1. The number of amides is 1. The number of halogens is 1. The summed E-state index contributed by atoms with van der Waals surface area (Å²) in [4.78, 5) is 12.2. The molecule has 0 aliphatic heterocycles. The van der Waals surface area contributed by atoms with Crippen LogP contribution < -0.4 is 10.6 Å². The second-order valence-electron chi connectivity index (χ2n) is 4.94. The summed E-state index contributed by atoms with van der Waals surface area (Å²) >= 11 is 6.04. The molecule has 2 N–H and O–H groups in total. The molecule has 1 aromatic heterocycles. The normalized spacial score (nSPS) is 10.4. The van der Waals surface area contributed by atoms with E-state index in [1.807, 2.05) is 6.92 Å². The molecule has 0 aliphatic carbocycles. The standard InChI is InChI=1S/C16H19ClN4O2/c1-11-12(17)5-3-6-13(11)19-16(22)14-7-8-15(21-20-14)18-9-4-10-23-2/h3,5-8H,4,9-10H2,1-2H3,(H,18,21)(H,19,22). The van der Waals surface area contributed by atoms with Gasteiger partial charge in [-0.2, -0.15) is 0 Å². The molecule has 6 nitrogen and oxygen atoms in total. The summed E-state index contributed by atoms with van der Waals surface area (Å²) in [6.07, 6.45) is 0.870. The average molecular weight is 335 g/mol.